The van der Waals surface area contributed by atoms with Crippen LogP contribution in [-0.4, -0.2) is 13.7 Å². The highest BCUT2D eigenvalue weighted by atomic mass is 16.5. The molecule has 3 rings (SSSR count). The van der Waals surface area contributed by atoms with Crippen molar-refractivity contribution in [1.29, 1.82) is 0 Å². The maximum atomic E-state index is 6.11. The lowest BCUT2D eigenvalue weighted by Gasteiger charge is -2.28. The van der Waals surface area contributed by atoms with Gasteiger partial charge in [0.1, 0.15) is 6.61 Å². The minimum Gasteiger partial charge on any atom is -0.493 e. The van der Waals surface area contributed by atoms with Crippen LogP contribution in [0.15, 0.2) is 48.5 Å². The van der Waals surface area contributed by atoms with E-state index in [0.717, 1.165) is 29.9 Å². The molecule has 0 radical (unpaired) electrons. The highest BCUT2D eigenvalue weighted by Crippen LogP contribution is 2.43. The number of nitrogens with two attached hydrogens (primary N) is 1. The average molecular weight is 311 g/mol. The molecule has 0 bridgehead atoms. The van der Waals surface area contributed by atoms with E-state index in [4.69, 9.17) is 15.2 Å². The van der Waals surface area contributed by atoms with Gasteiger partial charge < -0.3 is 15.2 Å². The van der Waals surface area contributed by atoms with Crippen molar-refractivity contribution in [2.45, 2.75) is 37.7 Å². The van der Waals surface area contributed by atoms with Crippen molar-refractivity contribution in [2.24, 2.45) is 5.73 Å². The largest absolute Gasteiger partial charge is 0.493 e. The average Bonchev–Trinajstić information content (AvgIpc) is 3.11. The van der Waals surface area contributed by atoms with Crippen molar-refractivity contribution in [3.8, 4) is 11.5 Å². The van der Waals surface area contributed by atoms with Crippen LogP contribution >= 0.6 is 0 Å². The van der Waals surface area contributed by atoms with E-state index in [1.807, 2.05) is 24.3 Å². The first-order valence-electron chi connectivity index (χ1n) is 8.33. The van der Waals surface area contributed by atoms with Crippen molar-refractivity contribution in [1.82, 2.24) is 0 Å². The number of methoxy groups -OCH3 is 1. The first-order valence-corrected chi connectivity index (χ1v) is 8.33. The molecule has 1 aliphatic rings. The second-order valence-corrected chi connectivity index (χ2v) is 6.33. The first-order chi connectivity index (χ1) is 11.3. The molecule has 2 aromatic rings. The molecule has 3 heteroatoms. The topological polar surface area (TPSA) is 44.5 Å². The minimum absolute atomic E-state index is 0.108. The molecule has 0 saturated heterocycles. The Hall–Kier alpha value is -2.00. The van der Waals surface area contributed by atoms with Gasteiger partial charge in [-0.25, -0.2) is 0 Å². The molecule has 2 aromatic carbocycles. The van der Waals surface area contributed by atoms with Crippen LogP contribution in [0.5, 0.6) is 11.5 Å². The quantitative estimate of drug-likeness (QED) is 0.875. The van der Waals surface area contributed by atoms with Gasteiger partial charge in [0.25, 0.3) is 0 Å². The Morgan fingerprint density at radius 1 is 1.00 bits per heavy atom. The summed E-state index contributed by atoms with van der Waals surface area (Å²) in [6.07, 6.45) is 4.83. The summed E-state index contributed by atoms with van der Waals surface area (Å²) in [4.78, 5) is 0. The fraction of sp³-hybridized carbons (Fsp3) is 0.400. The van der Waals surface area contributed by atoms with Crippen LogP contribution in [0.2, 0.25) is 0 Å². The van der Waals surface area contributed by atoms with Gasteiger partial charge in [0.15, 0.2) is 11.5 Å². The molecule has 122 valence electrons. The Bertz CT molecular complexity index is 633. The zero-order valence-electron chi connectivity index (χ0n) is 13.8. The summed E-state index contributed by atoms with van der Waals surface area (Å²) in [7, 11) is 1.68. The maximum absolute atomic E-state index is 6.11. The lowest BCUT2D eigenvalue weighted by atomic mass is 9.79. The van der Waals surface area contributed by atoms with Gasteiger partial charge in [0, 0.05) is 12.0 Å². The molecule has 0 aliphatic heterocycles. The van der Waals surface area contributed by atoms with Crippen LogP contribution < -0.4 is 15.2 Å². The Morgan fingerprint density at radius 3 is 2.39 bits per heavy atom. The number of hydrogen-bond donors (Lipinski definition) is 1. The van der Waals surface area contributed by atoms with E-state index in [-0.39, 0.29) is 5.41 Å². The van der Waals surface area contributed by atoms with Crippen molar-refractivity contribution in [3.05, 3.63) is 59.7 Å². The minimum atomic E-state index is 0.108. The van der Waals surface area contributed by atoms with Gasteiger partial charge in [-0.05, 0) is 36.1 Å². The lowest BCUT2D eigenvalue weighted by molar-refractivity contribution is 0.283. The predicted octanol–water partition coefficient (Wildman–Crippen LogP) is 4.04. The van der Waals surface area contributed by atoms with Gasteiger partial charge in [-0.15, -0.1) is 0 Å². The van der Waals surface area contributed by atoms with E-state index in [1.165, 1.54) is 18.4 Å². The number of hydrogen-bond acceptors (Lipinski definition) is 3. The van der Waals surface area contributed by atoms with Crippen LogP contribution in [0.4, 0.5) is 0 Å². The number of rotatable bonds is 6. The molecule has 1 fully saturated rings. The van der Waals surface area contributed by atoms with E-state index in [2.05, 4.69) is 24.3 Å². The van der Waals surface area contributed by atoms with Crippen LogP contribution in [0.25, 0.3) is 0 Å². The summed E-state index contributed by atoms with van der Waals surface area (Å²) in [5.74, 6) is 1.57. The zero-order chi connectivity index (χ0) is 16.1. The molecule has 0 aromatic heterocycles. The van der Waals surface area contributed by atoms with Crippen molar-refractivity contribution in [2.75, 3.05) is 13.7 Å². The molecule has 0 heterocycles. The van der Waals surface area contributed by atoms with E-state index in [1.54, 1.807) is 7.11 Å². The molecule has 23 heavy (non-hydrogen) atoms. The first kappa shape index (κ1) is 15.9. The summed E-state index contributed by atoms with van der Waals surface area (Å²) in [5, 5.41) is 0. The van der Waals surface area contributed by atoms with Crippen LogP contribution in [-0.2, 0) is 12.0 Å². The SMILES string of the molecule is COc1ccc(C2(CN)CCCC2)cc1OCc1ccccc1. The van der Waals surface area contributed by atoms with E-state index >= 15 is 0 Å². The van der Waals surface area contributed by atoms with Gasteiger partial charge in [-0.2, -0.15) is 0 Å². The smallest absolute Gasteiger partial charge is 0.161 e. The van der Waals surface area contributed by atoms with E-state index in [0.29, 0.717) is 13.2 Å². The summed E-state index contributed by atoms with van der Waals surface area (Å²) >= 11 is 0. The molecule has 0 atom stereocenters. The molecule has 0 amide bonds. The van der Waals surface area contributed by atoms with Crippen molar-refractivity contribution in [3.63, 3.8) is 0 Å². The predicted molar refractivity (Wildman–Crippen MR) is 93.0 cm³/mol. The molecule has 1 aliphatic carbocycles. The summed E-state index contributed by atoms with van der Waals surface area (Å²) in [6.45, 7) is 1.23. The van der Waals surface area contributed by atoms with E-state index < -0.39 is 0 Å². The molecule has 0 unspecified atom stereocenters. The Morgan fingerprint density at radius 2 is 1.74 bits per heavy atom. The molecular weight excluding hydrogens is 286 g/mol. The molecule has 1 saturated carbocycles. The number of benzene rings is 2. The third-order valence-electron chi connectivity index (χ3n) is 4.96. The standard InChI is InChI=1S/C20H25NO2/c1-22-18-10-9-17(20(15-21)11-5-6-12-20)13-19(18)23-14-16-7-3-2-4-8-16/h2-4,7-10,13H,5-6,11-12,14-15,21H2,1H3. The van der Waals surface area contributed by atoms with Crippen LogP contribution in [0, 0.1) is 0 Å². The van der Waals surface area contributed by atoms with Crippen molar-refractivity contribution < 1.29 is 9.47 Å². The second kappa shape index (κ2) is 7.05. The molecule has 0 spiro atoms. The highest BCUT2D eigenvalue weighted by Gasteiger charge is 2.34. The number of ether oxygens (including phenoxy) is 2. The summed E-state index contributed by atoms with van der Waals surface area (Å²) < 4.78 is 11.5. The fourth-order valence-electron chi connectivity index (χ4n) is 3.52. The molecule has 3 nitrogen and oxygen atoms in total. The van der Waals surface area contributed by atoms with E-state index in [9.17, 15) is 0 Å². The van der Waals surface area contributed by atoms with Gasteiger partial charge in [0.2, 0.25) is 0 Å². The monoisotopic (exact) mass is 311 g/mol. The summed E-state index contributed by atoms with van der Waals surface area (Å²) in [6, 6.07) is 16.5. The zero-order valence-corrected chi connectivity index (χ0v) is 13.8. The van der Waals surface area contributed by atoms with Gasteiger partial charge in [-0.3, -0.25) is 0 Å². The van der Waals surface area contributed by atoms with Gasteiger partial charge in [0.05, 0.1) is 7.11 Å². The normalized spacial score (nSPS) is 16.3. The molecule has 2 N–H and O–H groups in total. The third kappa shape index (κ3) is 3.35. The van der Waals surface area contributed by atoms with Crippen LogP contribution in [0.3, 0.4) is 0 Å². The Balaban J connectivity index is 1.84. The van der Waals surface area contributed by atoms with Crippen molar-refractivity contribution >= 4 is 0 Å². The lowest BCUT2D eigenvalue weighted by Crippen LogP contribution is -2.31. The molecular formula is C20H25NO2. The van der Waals surface area contributed by atoms with Gasteiger partial charge >= 0.3 is 0 Å². The highest BCUT2D eigenvalue weighted by molar-refractivity contribution is 5.46. The van der Waals surface area contributed by atoms with Gasteiger partial charge in [-0.1, -0.05) is 49.2 Å². The third-order valence-corrected chi connectivity index (χ3v) is 4.96. The second-order valence-electron chi connectivity index (χ2n) is 6.33. The Labute approximate surface area is 138 Å². The maximum Gasteiger partial charge on any atom is 0.161 e. The fourth-order valence-corrected chi connectivity index (χ4v) is 3.52. The Kier molecular flexibility index (Phi) is 4.87. The summed E-state index contributed by atoms with van der Waals surface area (Å²) in [5.41, 5.74) is 8.65. The van der Waals surface area contributed by atoms with Crippen LogP contribution in [0.1, 0.15) is 36.8 Å².